The first-order chi connectivity index (χ1) is 19.2. The van der Waals surface area contributed by atoms with Crippen molar-refractivity contribution < 1.29 is 51.6 Å². The number of ether oxygens (including phenoxy) is 4. The molecule has 0 spiro atoms. The number of carbonyl (C=O) groups is 4. The van der Waals surface area contributed by atoms with Gasteiger partial charge in [0.15, 0.2) is 0 Å². The Morgan fingerprint density at radius 1 is 0.929 bits per heavy atom. The molecule has 0 saturated heterocycles. The van der Waals surface area contributed by atoms with E-state index in [1.165, 1.54) is 0 Å². The molecule has 0 aliphatic rings. The van der Waals surface area contributed by atoms with Crippen molar-refractivity contribution in [3.63, 3.8) is 0 Å². The summed E-state index contributed by atoms with van der Waals surface area (Å²) >= 11 is 0.886. The Balaban J connectivity index is 1.99. The molecule has 0 fully saturated rings. The molecule has 15 nitrogen and oxygen atoms in total. The van der Waals surface area contributed by atoms with E-state index in [9.17, 15) is 32.7 Å². The highest BCUT2D eigenvalue weighted by Crippen LogP contribution is 2.28. The Bertz CT molecular complexity index is 1400. The number of amides is 2. The van der Waals surface area contributed by atoms with Crippen LogP contribution in [0.25, 0.3) is 10.2 Å². The molecular weight excluding hydrogens is 596 g/mol. The largest absolute Gasteiger partial charge is 0.490 e. The summed E-state index contributed by atoms with van der Waals surface area (Å²) in [6.45, 7) is 7.79. The van der Waals surface area contributed by atoms with Gasteiger partial charge in [-0.2, -0.15) is 0 Å². The average Bonchev–Trinajstić information content (AvgIpc) is 3.25. The molecule has 0 radical (unpaired) electrons. The van der Waals surface area contributed by atoms with Gasteiger partial charge in [-0.1, -0.05) is 0 Å². The van der Waals surface area contributed by atoms with Crippen LogP contribution >= 0.6 is 11.3 Å². The molecule has 2 amide bonds. The highest BCUT2D eigenvalue weighted by Gasteiger charge is 2.28. The lowest BCUT2D eigenvalue weighted by Gasteiger charge is -2.30. The van der Waals surface area contributed by atoms with Gasteiger partial charge in [0.05, 0.1) is 10.2 Å². The van der Waals surface area contributed by atoms with Crippen LogP contribution in [0.5, 0.6) is 5.75 Å². The molecule has 1 aromatic carbocycles. The third-order valence-electron chi connectivity index (χ3n) is 4.79. The number of hydrogen-bond acceptors (Lipinski definition) is 12. The number of aromatic nitrogens is 1. The van der Waals surface area contributed by atoms with Crippen LogP contribution in [-0.2, 0) is 33.8 Å². The summed E-state index contributed by atoms with van der Waals surface area (Å²) in [5, 5.41) is 14.3. The number of primary sulfonamides is 1. The number of esters is 1. The molecular formula is C25H36N4O11S2. The lowest BCUT2D eigenvalue weighted by atomic mass is 10.2. The van der Waals surface area contributed by atoms with E-state index >= 15 is 0 Å². The molecule has 0 bridgehead atoms. The van der Waals surface area contributed by atoms with Crippen LogP contribution in [0.3, 0.4) is 0 Å². The Morgan fingerprint density at radius 3 is 1.98 bits per heavy atom. The Hall–Kier alpha value is -3.70. The Labute approximate surface area is 247 Å². The van der Waals surface area contributed by atoms with Gasteiger partial charge in [0.25, 0.3) is 10.0 Å². The van der Waals surface area contributed by atoms with Crippen LogP contribution in [-0.4, -0.2) is 103 Å². The van der Waals surface area contributed by atoms with Crippen molar-refractivity contribution in [2.75, 3.05) is 39.4 Å². The highest BCUT2D eigenvalue weighted by molar-refractivity contribution is 7.91. The Kier molecular flexibility index (Phi) is 11.5. The summed E-state index contributed by atoms with van der Waals surface area (Å²) < 4.78 is 44.7. The minimum atomic E-state index is -3.94. The summed E-state index contributed by atoms with van der Waals surface area (Å²) in [4.78, 5) is 55.0. The van der Waals surface area contributed by atoms with Gasteiger partial charge >= 0.3 is 24.1 Å². The van der Waals surface area contributed by atoms with E-state index in [-0.39, 0.29) is 30.6 Å². The van der Waals surface area contributed by atoms with E-state index in [2.05, 4.69) is 4.98 Å². The van der Waals surface area contributed by atoms with Gasteiger partial charge < -0.3 is 24.1 Å². The topological polar surface area (TPSA) is 205 Å². The number of nitrogens with zero attached hydrogens (tertiary/aromatic N) is 3. The molecule has 42 heavy (non-hydrogen) atoms. The highest BCUT2D eigenvalue weighted by atomic mass is 32.2. The minimum Gasteiger partial charge on any atom is -0.490 e. The summed E-state index contributed by atoms with van der Waals surface area (Å²) in [5.74, 6) is -1.72. The number of carboxylic acid groups (broad SMARTS) is 1. The summed E-state index contributed by atoms with van der Waals surface area (Å²) in [6, 6.07) is 4.70. The van der Waals surface area contributed by atoms with Gasteiger partial charge in [0.2, 0.25) is 4.34 Å². The zero-order valence-electron chi connectivity index (χ0n) is 24.2. The second-order valence-corrected chi connectivity index (χ2v) is 13.7. The number of rotatable bonds is 12. The van der Waals surface area contributed by atoms with E-state index in [4.69, 9.17) is 24.1 Å². The number of thiazole rings is 1. The molecule has 1 aromatic heterocycles. The van der Waals surface area contributed by atoms with Crippen molar-refractivity contribution in [1.82, 2.24) is 14.8 Å². The van der Waals surface area contributed by atoms with Gasteiger partial charge in [-0.05, 0) is 59.7 Å². The molecule has 2 rings (SSSR count). The number of benzene rings is 1. The number of hydrogen-bond donors (Lipinski definition) is 2. The minimum absolute atomic E-state index is 0.0600. The van der Waals surface area contributed by atoms with Crippen molar-refractivity contribution in [1.29, 1.82) is 0 Å². The first-order valence-electron chi connectivity index (χ1n) is 12.6. The van der Waals surface area contributed by atoms with E-state index < -0.39 is 58.4 Å². The number of aliphatic carboxylic acids is 1. The molecule has 0 aliphatic carbocycles. The predicted octanol–water partition coefficient (Wildman–Crippen LogP) is 2.42. The van der Waals surface area contributed by atoms with Crippen molar-refractivity contribution in [2.45, 2.75) is 57.1 Å². The van der Waals surface area contributed by atoms with Crippen LogP contribution in [0.15, 0.2) is 22.5 Å². The molecule has 2 aromatic rings. The van der Waals surface area contributed by atoms with Crippen LogP contribution < -0.4 is 9.88 Å². The Morgan fingerprint density at radius 2 is 1.48 bits per heavy atom. The van der Waals surface area contributed by atoms with Gasteiger partial charge in [0, 0.05) is 13.1 Å². The second-order valence-electron chi connectivity index (χ2n) is 10.9. The maximum Gasteiger partial charge on any atom is 0.410 e. The fourth-order valence-electron chi connectivity index (χ4n) is 3.14. The molecule has 234 valence electrons. The van der Waals surface area contributed by atoms with Crippen LogP contribution in [0, 0.1) is 0 Å². The fraction of sp³-hybridized carbons (Fsp3) is 0.560. The predicted molar refractivity (Wildman–Crippen MR) is 151 cm³/mol. The number of nitrogens with two attached hydrogens (primary N) is 1. The van der Waals surface area contributed by atoms with Gasteiger partial charge in [-0.3, -0.25) is 19.4 Å². The van der Waals surface area contributed by atoms with Crippen LogP contribution in [0.4, 0.5) is 9.59 Å². The van der Waals surface area contributed by atoms with E-state index in [1.807, 2.05) is 0 Å². The van der Waals surface area contributed by atoms with Gasteiger partial charge in [-0.25, -0.2) is 28.1 Å². The molecule has 0 atom stereocenters. The molecule has 3 N–H and O–H groups in total. The average molecular weight is 633 g/mol. The van der Waals surface area contributed by atoms with E-state index in [1.54, 1.807) is 59.7 Å². The molecule has 17 heteroatoms. The molecule has 0 saturated carbocycles. The summed E-state index contributed by atoms with van der Waals surface area (Å²) in [5.41, 5.74) is -1.35. The smallest absolute Gasteiger partial charge is 0.410 e. The van der Waals surface area contributed by atoms with Crippen molar-refractivity contribution in [2.24, 2.45) is 5.14 Å². The van der Waals surface area contributed by atoms with Crippen molar-refractivity contribution >= 4 is 55.7 Å². The van der Waals surface area contributed by atoms with E-state index in [0.29, 0.717) is 16.0 Å². The third kappa shape index (κ3) is 12.0. The quantitative estimate of drug-likeness (QED) is 0.197. The SMILES string of the molecule is CC(C)(C)OC(=O)N(CCN(CC(=O)OCCOc1ccc2nc(S(N)(=O)=O)sc2c1)C(=O)OC(C)(C)C)CC(=O)O. The number of carbonyl (C=O) groups excluding carboxylic acids is 3. The number of sulfonamides is 1. The van der Waals surface area contributed by atoms with Crippen LogP contribution in [0.1, 0.15) is 41.5 Å². The zero-order valence-corrected chi connectivity index (χ0v) is 25.9. The molecule has 0 unspecified atom stereocenters. The molecule has 0 aliphatic heterocycles. The van der Waals surface area contributed by atoms with Gasteiger partial charge in [0.1, 0.15) is 43.3 Å². The number of carboxylic acids is 1. The maximum absolute atomic E-state index is 12.8. The second kappa shape index (κ2) is 14.0. The normalized spacial score (nSPS) is 12.0. The maximum atomic E-state index is 12.8. The van der Waals surface area contributed by atoms with Crippen molar-refractivity contribution in [3.8, 4) is 5.75 Å². The lowest BCUT2D eigenvalue weighted by Crippen LogP contribution is -2.47. The van der Waals surface area contributed by atoms with E-state index in [0.717, 1.165) is 21.1 Å². The first-order valence-corrected chi connectivity index (χ1v) is 15.0. The zero-order chi connectivity index (χ0) is 31.9. The standard InChI is InChI=1S/C25H36N4O11S2/c1-24(2,3)39-22(33)28(14-19(30)31)9-10-29(23(34)40-25(4,5)6)15-20(32)38-12-11-37-16-7-8-17-18(13-16)41-21(27-17)42(26,35)36/h7-8,13H,9-12,14-15H2,1-6H3,(H,30,31)(H2,26,35,36). The summed E-state index contributed by atoms with van der Waals surface area (Å²) in [6.07, 6.45) is -1.77. The first kappa shape index (κ1) is 34.5. The monoisotopic (exact) mass is 632 g/mol. The fourth-order valence-corrected chi connectivity index (χ4v) is 4.82. The third-order valence-corrected chi connectivity index (χ3v) is 7.13. The van der Waals surface area contributed by atoms with Crippen molar-refractivity contribution in [3.05, 3.63) is 18.2 Å². The van der Waals surface area contributed by atoms with Crippen LogP contribution in [0.2, 0.25) is 0 Å². The summed E-state index contributed by atoms with van der Waals surface area (Å²) in [7, 11) is -3.94. The number of fused-ring (bicyclic) bond motifs is 1. The molecule has 1 heterocycles. The van der Waals surface area contributed by atoms with Gasteiger partial charge in [-0.15, -0.1) is 11.3 Å². The lowest BCUT2D eigenvalue weighted by molar-refractivity contribution is -0.146.